The fraction of sp³-hybridized carbons (Fsp3) is 0.375. The summed E-state index contributed by atoms with van der Waals surface area (Å²) in [6.07, 6.45) is 3.78. The van der Waals surface area contributed by atoms with E-state index in [1.165, 1.54) is 12.0 Å². The number of rotatable bonds is 3. The normalized spacial score (nSPS) is 24.0. The van der Waals surface area contributed by atoms with Crippen LogP contribution in [-0.4, -0.2) is 42.6 Å². The molecule has 112 valence electrons. The standard InChI is InChI=1S/C16H20N2O3/c1-16(14(19)17-2)10-9-13(18(16)15(20)21-3)11-12-7-5-4-6-8-12/h4-10,13H,11H2,1-3H3,(H,17,19)/t13-,16+/m0/s1. The van der Waals surface area contributed by atoms with Crippen molar-refractivity contribution in [1.82, 2.24) is 10.2 Å². The number of methoxy groups -OCH3 is 1. The van der Waals surface area contributed by atoms with E-state index >= 15 is 0 Å². The lowest BCUT2D eigenvalue weighted by Crippen LogP contribution is -2.57. The molecule has 0 aromatic heterocycles. The minimum absolute atomic E-state index is 0.206. The number of amides is 2. The molecule has 21 heavy (non-hydrogen) atoms. The summed E-state index contributed by atoms with van der Waals surface area (Å²) in [7, 11) is 2.88. The molecule has 0 unspecified atom stereocenters. The summed E-state index contributed by atoms with van der Waals surface area (Å²) in [6.45, 7) is 1.71. The van der Waals surface area contributed by atoms with Crippen LogP contribution in [0.15, 0.2) is 42.5 Å². The molecule has 2 rings (SSSR count). The van der Waals surface area contributed by atoms with Crippen molar-refractivity contribution in [2.24, 2.45) is 0 Å². The summed E-state index contributed by atoms with van der Waals surface area (Å²) in [4.78, 5) is 25.8. The van der Waals surface area contributed by atoms with Crippen molar-refractivity contribution in [2.45, 2.75) is 24.9 Å². The van der Waals surface area contributed by atoms with E-state index in [4.69, 9.17) is 4.74 Å². The van der Waals surface area contributed by atoms with Gasteiger partial charge in [0.2, 0.25) is 5.91 Å². The lowest BCUT2D eigenvalue weighted by Gasteiger charge is -2.35. The summed E-state index contributed by atoms with van der Waals surface area (Å²) in [5.41, 5.74) is 0.0728. The van der Waals surface area contributed by atoms with Crippen LogP contribution in [0.4, 0.5) is 4.79 Å². The first-order chi connectivity index (χ1) is 10.0. The zero-order chi connectivity index (χ0) is 15.5. The van der Waals surface area contributed by atoms with Gasteiger partial charge in [-0.2, -0.15) is 0 Å². The van der Waals surface area contributed by atoms with Crippen LogP contribution in [0, 0.1) is 0 Å². The van der Waals surface area contributed by atoms with Crippen molar-refractivity contribution >= 4 is 12.0 Å². The monoisotopic (exact) mass is 288 g/mol. The maximum absolute atomic E-state index is 12.2. The van der Waals surface area contributed by atoms with Crippen LogP contribution in [0.1, 0.15) is 12.5 Å². The van der Waals surface area contributed by atoms with Crippen LogP contribution in [0.5, 0.6) is 0 Å². The van der Waals surface area contributed by atoms with Gasteiger partial charge in [-0.05, 0) is 18.9 Å². The first kappa shape index (κ1) is 15.1. The number of nitrogens with one attached hydrogen (secondary N) is 1. The van der Waals surface area contributed by atoms with Crippen LogP contribution >= 0.6 is 0 Å². The maximum Gasteiger partial charge on any atom is 0.411 e. The van der Waals surface area contributed by atoms with Gasteiger partial charge >= 0.3 is 6.09 Å². The van der Waals surface area contributed by atoms with E-state index in [1.54, 1.807) is 20.0 Å². The second-order valence-corrected chi connectivity index (χ2v) is 5.18. The van der Waals surface area contributed by atoms with E-state index in [9.17, 15) is 9.59 Å². The van der Waals surface area contributed by atoms with E-state index in [0.717, 1.165) is 5.56 Å². The summed E-state index contributed by atoms with van der Waals surface area (Å²) in [5.74, 6) is -0.236. The Balaban J connectivity index is 2.28. The van der Waals surface area contributed by atoms with Gasteiger partial charge < -0.3 is 10.1 Å². The first-order valence-corrected chi connectivity index (χ1v) is 6.85. The van der Waals surface area contributed by atoms with E-state index in [2.05, 4.69) is 5.32 Å². The molecule has 2 atom stereocenters. The maximum atomic E-state index is 12.2. The number of hydrogen-bond donors (Lipinski definition) is 1. The predicted octanol–water partition coefficient (Wildman–Crippen LogP) is 1.74. The largest absolute Gasteiger partial charge is 0.453 e. The third-order valence-electron chi connectivity index (χ3n) is 3.82. The van der Waals surface area contributed by atoms with Crippen molar-refractivity contribution in [3.05, 3.63) is 48.0 Å². The van der Waals surface area contributed by atoms with E-state index in [-0.39, 0.29) is 11.9 Å². The Kier molecular flexibility index (Phi) is 4.31. The smallest absolute Gasteiger partial charge is 0.411 e. The molecule has 2 amide bonds. The molecule has 1 N–H and O–H groups in total. The fourth-order valence-electron chi connectivity index (χ4n) is 2.69. The fourth-order valence-corrected chi connectivity index (χ4v) is 2.69. The summed E-state index contributed by atoms with van der Waals surface area (Å²) < 4.78 is 4.86. The molecular formula is C16H20N2O3. The number of carbonyl (C=O) groups is 2. The molecule has 1 aromatic carbocycles. The van der Waals surface area contributed by atoms with Gasteiger partial charge in [0, 0.05) is 7.05 Å². The third kappa shape index (κ3) is 2.77. The minimum Gasteiger partial charge on any atom is -0.453 e. The van der Waals surface area contributed by atoms with E-state index in [0.29, 0.717) is 6.42 Å². The van der Waals surface area contributed by atoms with Crippen molar-refractivity contribution in [2.75, 3.05) is 14.2 Å². The Morgan fingerprint density at radius 2 is 2.00 bits per heavy atom. The molecule has 1 aliphatic rings. The van der Waals surface area contributed by atoms with Gasteiger partial charge in [-0.1, -0.05) is 42.5 Å². The Bertz CT molecular complexity index is 556. The molecule has 0 saturated heterocycles. The average molecular weight is 288 g/mol. The topological polar surface area (TPSA) is 58.6 Å². The number of ether oxygens (including phenoxy) is 1. The highest BCUT2D eigenvalue weighted by Gasteiger charge is 2.47. The molecule has 0 fully saturated rings. The van der Waals surface area contributed by atoms with Gasteiger partial charge in [0.05, 0.1) is 13.2 Å². The zero-order valence-electron chi connectivity index (χ0n) is 12.5. The van der Waals surface area contributed by atoms with Crippen LogP contribution in [0.3, 0.4) is 0 Å². The highest BCUT2D eigenvalue weighted by atomic mass is 16.5. The van der Waals surface area contributed by atoms with Gasteiger partial charge in [0.15, 0.2) is 0 Å². The van der Waals surface area contributed by atoms with E-state index in [1.807, 2.05) is 36.4 Å². The molecule has 0 bridgehead atoms. The summed E-state index contributed by atoms with van der Waals surface area (Å²) in [5, 5.41) is 2.60. The first-order valence-electron chi connectivity index (χ1n) is 6.85. The number of carbonyl (C=O) groups excluding carboxylic acids is 2. The molecule has 0 radical (unpaired) electrons. The zero-order valence-corrected chi connectivity index (χ0v) is 12.5. The molecule has 5 heteroatoms. The lowest BCUT2D eigenvalue weighted by molar-refractivity contribution is -0.128. The molecule has 0 aliphatic carbocycles. The van der Waals surface area contributed by atoms with Crippen molar-refractivity contribution in [1.29, 1.82) is 0 Å². The number of benzene rings is 1. The quantitative estimate of drug-likeness (QED) is 0.862. The molecule has 0 saturated carbocycles. The van der Waals surface area contributed by atoms with Gasteiger partial charge in [-0.15, -0.1) is 0 Å². The highest BCUT2D eigenvalue weighted by molar-refractivity contribution is 5.92. The van der Waals surface area contributed by atoms with Gasteiger partial charge in [-0.25, -0.2) is 4.79 Å². The second kappa shape index (κ2) is 5.99. The highest BCUT2D eigenvalue weighted by Crippen LogP contribution is 2.30. The molecule has 1 aromatic rings. The summed E-state index contributed by atoms with van der Waals surface area (Å²) in [6, 6.07) is 9.64. The Morgan fingerprint density at radius 3 is 2.57 bits per heavy atom. The van der Waals surface area contributed by atoms with Crippen LogP contribution < -0.4 is 5.32 Å². The molecule has 1 aliphatic heterocycles. The number of nitrogens with zero attached hydrogens (tertiary/aromatic N) is 1. The van der Waals surface area contributed by atoms with Crippen molar-refractivity contribution in [3.8, 4) is 0 Å². The molecule has 0 spiro atoms. The molecule has 1 heterocycles. The minimum atomic E-state index is -1.03. The van der Waals surface area contributed by atoms with Crippen LogP contribution in [0.2, 0.25) is 0 Å². The van der Waals surface area contributed by atoms with Crippen LogP contribution in [0.25, 0.3) is 0 Å². The number of likely N-dealkylation sites (N-methyl/N-ethyl adjacent to an activating group) is 1. The van der Waals surface area contributed by atoms with Gasteiger partial charge in [-0.3, -0.25) is 9.69 Å². The lowest BCUT2D eigenvalue weighted by atomic mass is 10.0. The van der Waals surface area contributed by atoms with E-state index < -0.39 is 11.6 Å². The van der Waals surface area contributed by atoms with Gasteiger partial charge in [0.25, 0.3) is 0 Å². The molecular weight excluding hydrogens is 268 g/mol. The molecule has 5 nitrogen and oxygen atoms in total. The SMILES string of the molecule is CNC(=O)[C@@]1(C)C=C[C@@H](Cc2ccccc2)N1C(=O)OC. The predicted molar refractivity (Wildman–Crippen MR) is 79.8 cm³/mol. The third-order valence-corrected chi connectivity index (χ3v) is 3.82. The summed E-state index contributed by atoms with van der Waals surface area (Å²) >= 11 is 0. The van der Waals surface area contributed by atoms with Crippen molar-refractivity contribution in [3.63, 3.8) is 0 Å². The Labute approximate surface area is 124 Å². The Morgan fingerprint density at radius 1 is 1.33 bits per heavy atom. The Hall–Kier alpha value is -2.30. The van der Waals surface area contributed by atoms with Gasteiger partial charge in [0.1, 0.15) is 5.54 Å². The number of hydrogen-bond acceptors (Lipinski definition) is 3. The van der Waals surface area contributed by atoms with Crippen LogP contribution in [-0.2, 0) is 16.0 Å². The average Bonchev–Trinajstić information content (AvgIpc) is 2.84. The van der Waals surface area contributed by atoms with Crippen molar-refractivity contribution < 1.29 is 14.3 Å². The second-order valence-electron chi connectivity index (χ2n) is 5.18.